The molecule has 0 aromatic rings. The summed E-state index contributed by atoms with van der Waals surface area (Å²) in [5, 5.41) is 12.9. The maximum Gasteiger partial charge on any atom is 0.0459 e. The molecule has 0 bridgehead atoms. The number of likely N-dealkylation sites (tertiary alicyclic amines) is 1. The summed E-state index contributed by atoms with van der Waals surface area (Å²) in [6, 6.07) is 2.12. The van der Waals surface area contributed by atoms with Crippen LogP contribution in [0.2, 0.25) is 0 Å². The van der Waals surface area contributed by atoms with E-state index in [1.165, 1.54) is 38.6 Å². The number of aliphatic hydroxyl groups excluding tert-OH is 1. The minimum atomic E-state index is 0.385. The van der Waals surface area contributed by atoms with Crippen LogP contribution in [0.25, 0.3) is 0 Å². The number of rotatable bonds is 3. The van der Waals surface area contributed by atoms with Gasteiger partial charge in [-0.2, -0.15) is 0 Å². The van der Waals surface area contributed by atoms with Crippen molar-refractivity contribution in [2.75, 3.05) is 20.2 Å². The van der Waals surface area contributed by atoms with Crippen LogP contribution in [0.5, 0.6) is 0 Å². The lowest BCUT2D eigenvalue weighted by atomic mass is 9.86. The smallest absolute Gasteiger partial charge is 0.0459 e. The third-order valence-corrected chi connectivity index (χ3v) is 4.46. The van der Waals surface area contributed by atoms with Gasteiger partial charge in [-0.15, -0.1) is 0 Å². The Hall–Kier alpha value is -0.120. The Kier molecular flexibility index (Phi) is 4.22. The second kappa shape index (κ2) is 5.48. The third-order valence-electron chi connectivity index (χ3n) is 4.46. The van der Waals surface area contributed by atoms with Crippen LogP contribution in [0.3, 0.4) is 0 Å². The number of nitrogens with one attached hydrogen (secondary N) is 1. The second-order valence-electron chi connectivity index (χ2n) is 5.79. The van der Waals surface area contributed by atoms with E-state index in [0.717, 1.165) is 6.04 Å². The summed E-state index contributed by atoms with van der Waals surface area (Å²) >= 11 is 0. The molecular weight excluding hydrogens is 200 g/mol. The summed E-state index contributed by atoms with van der Waals surface area (Å²) < 4.78 is 0. The molecule has 2 aliphatic rings. The van der Waals surface area contributed by atoms with E-state index in [1.807, 2.05) is 0 Å². The molecule has 1 saturated carbocycles. The first-order chi connectivity index (χ1) is 7.69. The molecule has 0 aromatic carbocycles. The molecule has 2 atom stereocenters. The normalized spacial score (nSPS) is 41.4. The average molecular weight is 226 g/mol. The van der Waals surface area contributed by atoms with Crippen LogP contribution in [0.4, 0.5) is 0 Å². The number of nitrogens with zero attached hydrogens (tertiary/aromatic N) is 1. The molecule has 2 N–H and O–H groups in total. The number of aliphatic hydroxyl groups is 1. The minimum absolute atomic E-state index is 0.385. The fourth-order valence-electron chi connectivity index (χ4n) is 3.16. The third kappa shape index (κ3) is 2.96. The maximum absolute atomic E-state index is 9.10. The van der Waals surface area contributed by atoms with Crippen molar-refractivity contribution in [3.8, 4) is 0 Å². The van der Waals surface area contributed by atoms with E-state index in [0.29, 0.717) is 24.6 Å². The number of hydrogen-bond acceptors (Lipinski definition) is 3. The van der Waals surface area contributed by atoms with Gasteiger partial charge in [0.15, 0.2) is 0 Å². The van der Waals surface area contributed by atoms with Gasteiger partial charge in [-0.3, -0.25) is 0 Å². The van der Waals surface area contributed by atoms with Gasteiger partial charge in [0.25, 0.3) is 0 Å². The highest BCUT2D eigenvalue weighted by molar-refractivity contribution is 4.88. The SMILES string of the molecule is CC1CC(NC2CCC(CO)CC2)CN1C. The molecule has 2 rings (SSSR count). The predicted octanol–water partition coefficient (Wildman–Crippen LogP) is 1.22. The zero-order valence-corrected chi connectivity index (χ0v) is 10.7. The van der Waals surface area contributed by atoms with Gasteiger partial charge in [0.1, 0.15) is 0 Å². The molecule has 1 aliphatic heterocycles. The van der Waals surface area contributed by atoms with Crippen molar-refractivity contribution in [3.63, 3.8) is 0 Å². The summed E-state index contributed by atoms with van der Waals surface area (Å²) in [5.74, 6) is 0.572. The number of hydrogen-bond donors (Lipinski definition) is 2. The molecule has 0 radical (unpaired) electrons. The standard InChI is InChI=1S/C13H26N2O/c1-10-7-13(8-15(10)2)14-12-5-3-11(9-16)4-6-12/h10-14,16H,3-9H2,1-2H3. The summed E-state index contributed by atoms with van der Waals surface area (Å²) in [6.07, 6.45) is 6.19. The fourth-order valence-corrected chi connectivity index (χ4v) is 3.16. The van der Waals surface area contributed by atoms with Crippen molar-refractivity contribution in [1.82, 2.24) is 10.2 Å². The van der Waals surface area contributed by atoms with E-state index >= 15 is 0 Å². The molecular formula is C13H26N2O. The topological polar surface area (TPSA) is 35.5 Å². The molecule has 1 heterocycles. The van der Waals surface area contributed by atoms with Crippen molar-refractivity contribution >= 4 is 0 Å². The van der Waals surface area contributed by atoms with Crippen LogP contribution in [0, 0.1) is 5.92 Å². The highest BCUT2D eigenvalue weighted by atomic mass is 16.3. The van der Waals surface area contributed by atoms with Crippen LogP contribution in [-0.4, -0.2) is 48.3 Å². The predicted molar refractivity (Wildman–Crippen MR) is 66.5 cm³/mol. The van der Waals surface area contributed by atoms with Crippen LogP contribution in [0.1, 0.15) is 39.0 Å². The van der Waals surface area contributed by atoms with Crippen molar-refractivity contribution in [3.05, 3.63) is 0 Å². The maximum atomic E-state index is 9.10. The quantitative estimate of drug-likeness (QED) is 0.759. The van der Waals surface area contributed by atoms with Gasteiger partial charge in [-0.05, 0) is 52.0 Å². The molecule has 1 aliphatic carbocycles. The molecule has 3 heteroatoms. The molecule has 16 heavy (non-hydrogen) atoms. The van der Waals surface area contributed by atoms with E-state index in [2.05, 4.69) is 24.2 Å². The molecule has 1 saturated heterocycles. The summed E-state index contributed by atoms with van der Waals surface area (Å²) in [6.45, 7) is 3.89. The zero-order chi connectivity index (χ0) is 11.5. The van der Waals surface area contributed by atoms with Gasteiger partial charge in [0.05, 0.1) is 0 Å². The van der Waals surface area contributed by atoms with E-state index < -0.39 is 0 Å². The molecule has 0 amide bonds. The van der Waals surface area contributed by atoms with E-state index in [1.54, 1.807) is 0 Å². The van der Waals surface area contributed by atoms with Gasteiger partial charge in [-0.25, -0.2) is 0 Å². The second-order valence-corrected chi connectivity index (χ2v) is 5.79. The van der Waals surface area contributed by atoms with Crippen LogP contribution in [0.15, 0.2) is 0 Å². The summed E-state index contributed by atoms with van der Waals surface area (Å²) in [7, 11) is 2.22. The van der Waals surface area contributed by atoms with Crippen LogP contribution < -0.4 is 5.32 Å². The van der Waals surface area contributed by atoms with Crippen molar-refractivity contribution < 1.29 is 5.11 Å². The molecule has 94 valence electrons. The molecule has 2 fully saturated rings. The monoisotopic (exact) mass is 226 g/mol. The average Bonchev–Trinajstić information content (AvgIpc) is 2.59. The van der Waals surface area contributed by atoms with Gasteiger partial charge in [0, 0.05) is 31.3 Å². The van der Waals surface area contributed by atoms with Gasteiger partial charge >= 0.3 is 0 Å². The fraction of sp³-hybridized carbons (Fsp3) is 1.00. The highest BCUT2D eigenvalue weighted by Gasteiger charge is 2.29. The Morgan fingerprint density at radius 2 is 1.88 bits per heavy atom. The van der Waals surface area contributed by atoms with E-state index in [4.69, 9.17) is 5.11 Å². The molecule has 3 nitrogen and oxygen atoms in total. The summed E-state index contributed by atoms with van der Waals surface area (Å²) in [5.41, 5.74) is 0. The molecule has 0 spiro atoms. The van der Waals surface area contributed by atoms with Gasteiger partial charge < -0.3 is 15.3 Å². The lowest BCUT2D eigenvalue weighted by Crippen LogP contribution is -2.41. The first kappa shape index (κ1) is 12.3. The van der Waals surface area contributed by atoms with Gasteiger partial charge in [0.2, 0.25) is 0 Å². The Balaban J connectivity index is 1.71. The van der Waals surface area contributed by atoms with E-state index in [9.17, 15) is 0 Å². The van der Waals surface area contributed by atoms with E-state index in [-0.39, 0.29) is 0 Å². The Morgan fingerprint density at radius 3 is 2.38 bits per heavy atom. The summed E-state index contributed by atoms with van der Waals surface area (Å²) in [4.78, 5) is 2.44. The highest BCUT2D eigenvalue weighted by Crippen LogP contribution is 2.25. The Labute approximate surface area is 99.2 Å². The first-order valence-corrected chi connectivity index (χ1v) is 6.76. The van der Waals surface area contributed by atoms with Crippen molar-refractivity contribution in [1.29, 1.82) is 0 Å². The van der Waals surface area contributed by atoms with Crippen LogP contribution in [-0.2, 0) is 0 Å². The zero-order valence-electron chi connectivity index (χ0n) is 10.7. The molecule has 2 unspecified atom stereocenters. The largest absolute Gasteiger partial charge is 0.396 e. The van der Waals surface area contributed by atoms with Gasteiger partial charge in [-0.1, -0.05) is 0 Å². The minimum Gasteiger partial charge on any atom is -0.396 e. The number of likely N-dealkylation sites (N-methyl/N-ethyl adjacent to an activating group) is 1. The first-order valence-electron chi connectivity index (χ1n) is 6.76. The van der Waals surface area contributed by atoms with Crippen molar-refractivity contribution in [2.24, 2.45) is 5.92 Å². The molecule has 0 aromatic heterocycles. The lowest BCUT2D eigenvalue weighted by molar-refractivity contribution is 0.172. The lowest BCUT2D eigenvalue weighted by Gasteiger charge is -2.30. The van der Waals surface area contributed by atoms with Crippen LogP contribution >= 0.6 is 0 Å². The Morgan fingerprint density at radius 1 is 1.19 bits per heavy atom. The Bertz CT molecular complexity index is 204. The van der Waals surface area contributed by atoms with Crippen molar-refractivity contribution in [2.45, 2.75) is 57.2 Å².